The Kier molecular flexibility index (Phi) is 17.4. The minimum atomic E-state index is -1.08. The molecule has 5 nitrogen and oxygen atoms in total. The van der Waals surface area contributed by atoms with Crippen LogP contribution in [-0.4, -0.2) is 28.9 Å². The Morgan fingerprint density at radius 3 is 2.12 bits per heavy atom. The molecule has 1 rings (SSSR count). The van der Waals surface area contributed by atoms with Crippen LogP contribution < -0.4 is 10.9 Å². The fourth-order valence-electron chi connectivity index (χ4n) is 0.690. The van der Waals surface area contributed by atoms with Crippen LogP contribution >= 0.6 is 0 Å². The van der Waals surface area contributed by atoms with E-state index in [1.165, 1.54) is 6.92 Å². The van der Waals surface area contributed by atoms with Crippen molar-refractivity contribution in [3.8, 4) is 5.75 Å². The van der Waals surface area contributed by atoms with Crippen molar-refractivity contribution in [1.29, 1.82) is 0 Å². The van der Waals surface area contributed by atoms with E-state index in [9.17, 15) is 4.79 Å². The molecule has 0 fully saturated rings. The first-order chi connectivity index (χ1) is 7.11. The number of hydrogen-bond donors (Lipinski definition) is 3. The molecular formula is C11H19HgNO4. The van der Waals surface area contributed by atoms with Crippen LogP contribution in [0.1, 0.15) is 13.8 Å². The van der Waals surface area contributed by atoms with Gasteiger partial charge in [0.2, 0.25) is 0 Å². The number of carbonyl (C=O) groups is 1. The van der Waals surface area contributed by atoms with Gasteiger partial charge in [-0.15, -0.1) is 0 Å². The van der Waals surface area contributed by atoms with E-state index >= 15 is 0 Å². The van der Waals surface area contributed by atoms with E-state index in [4.69, 9.17) is 14.9 Å². The van der Waals surface area contributed by atoms with Gasteiger partial charge >= 0.3 is 5.97 Å². The van der Waals surface area contributed by atoms with E-state index in [0.717, 1.165) is 0 Å². The van der Waals surface area contributed by atoms with Crippen molar-refractivity contribution in [2.45, 2.75) is 20.0 Å². The van der Waals surface area contributed by atoms with Gasteiger partial charge in [-0.1, -0.05) is 18.2 Å². The van der Waals surface area contributed by atoms with Gasteiger partial charge in [-0.25, -0.2) is 4.79 Å². The van der Waals surface area contributed by atoms with Gasteiger partial charge in [0.25, 0.3) is 0 Å². The van der Waals surface area contributed by atoms with Crippen molar-refractivity contribution in [3.63, 3.8) is 0 Å². The van der Waals surface area contributed by atoms with E-state index in [1.54, 1.807) is 31.2 Å². The zero-order chi connectivity index (χ0) is 11.7. The maximum atomic E-state index is 10.8. The summed E-state index contributed by atoms with van der Waals surface area (Å²) in [7, 11) is 0. The molecule has 0 radical (unpaired) electrons. The van der Waals surface area contributed by atoms with Crippen LogP contribution in [0.2, 0.25) is 0 Å². The van der Waals surface area contributed by atoms with Crippen LogP contribution in [-0.2, 0) is 32.5 Å². The number of aliphatic hydroxyl groups excluding tert-OH is 2. The summed E-state index contributed by atoms with van der Waals surface area (Å²) in [4.78, 5) is 10.8. The summed E-state index contributed by atoms with van der Waals surface area (Å²) >= 11 is 0. The van der Waals surface area contributed by atoms with Crippen LogP contribution in [0.25, 0.3) is 0 Å². The number of ether oxygens (including phenoxy) is 1. The largest absolute Gasteiger partial charge is 0.425 e. The average Bonchev–Trinajstić information content (AvgIpc) is 2.20. The van der Waals surface area contributed by atoms with E-state index in [0.29, 0.717) is 5.75 Å². The Bertz CT molecular complexity index is 280. The second-order valence-electron chi connectivity index (χ2n) is 2.73. The molecule has 0 aromatic heterocycles. The molecule has 0 heterocycles. The fraction of sp³-hybridized carbons (Fsp3) is 0.364. The number of esters is 1. The molecular weight excluding hydrogens is 411 g/mol. The van der Waals surface area contributed by atoms with E-state index in [-0.39, 0.29) is 40.4 Å². The van der Waals surface area contributed by atoms with Gasteiger partial charge in [-0.2, -0.15) is 0 Å². The normalized spacial score (nSPS) is 9.65. The molecule has 1 aromatic rings. The summed E-state index contributed by atoms with van der Waals surface area (Å²) in [6.07, 6.45) is -1.08. The van der Waals surface area contributed by atoms with Crippen molar-refractivity contribution in [2.75, 3.05) is 6.61 Å². The number of hydrogen-bond acceptors (Lipinski definition) is 5. The topological polar surface area (TPSA) is 102 Å². The number of carbonyl (C=O) groups excluding carboxylic acids is 1. The summed E-state index contributed by atoms with van der Waals surface area (Å²) in [5.41, 5.74) is 0. The second kappa shape index (κ2) is 13.6. The quantitative estimate of drug-likeness (QED) is 0.371. The molecule has 0 saturated carbocycles. The molecule has 17 heavy (non-hydrogen) atoms. The third-order valence-electron chi connectivity index (χ3n) is 1.30. The maximum Gasteiger partial charge on any atom is 0.340 e. The molecule has 0 bridgehead atoms. The predicted molar refractivity (Wildman–Crippen MR) is 61.5 cm³/mol. The molecule has 0 aliphatic carbocycles. The summed E-state index contributed by atoms with van der Waals surface area (Å²) in [6, 6.07) is 8.63. The molecule has 0 aliphatic heterocycles. The summed E-state index contributed by atoms with van der Waals surface area (Å²) in [5.74, 6) is -0.190. The zero-order valence-electron chi connectivity index (χ0n) is 10.3. The smallest absolute Gasteiger partial charge is 0.340 e. The van der Waals surface area contributed by atoms with Crippen molar-refractivity contribution in [1.82, 2.24) is 6.15 Å². The Morgan fingerprint density at radius 1 is 1.35 bits per heavy atom. The van der Waals surface area contributed by atoms with Crippen molar-refractivity contribution >= 4 is 5.97 Å². The first-order valence-corrected chi connectivity index (χ1v) is 4.67. The minimum absolute atomic E-state index is 0. The Hall–Kier alpha value is -0.495. The van der Waals surface area contributed by atoms with E-state index in [2.05, 4.69) is 0 Å². The number of benzene rings is 1. The predicted octanol–water partition coefficient (Wildman–Crippen LogP) is 1.13. The summed E-state index contributed by atoms with van der Waals surface area (Å²) in [6.45, 7) is 3.30. The van der Waals surface area contributed by atoms with Crippen LogP contribution in [0.3, 0.4) is 0 Å². The van der Waals surface area contributed by atoms with Gasteiger partial charge in [0.15, 0.2) is 0 Å². The molecule has 0 spiro atoms. The number of para-hydroxylation sites is 1. The number of rotatable bonds is 2. The molecule has 0 amide bonds. The average molecular weight is 430 g/mol. The molecule has 1 atom stereocenters. The Balaban J connectivity index is -0.000000356. The van der Waals surface area contributed by atoms with Crippen LogP contribution in [0.4, 0.5) is 0 Å². The monoisotopic (exact) mass is 431 g/mol. The molecule has 1 aromatic carbocycles. The molecule has 0 aliphatic rings. The van der Waals surface area contributed by atoms with E-state index < -0.39 is 12.1 Å². The van der Waals surface area contributed by atoms with Crippen molar-refractivity contribution in [3.05, 3.63) is 30.3 Å². The van der Waals surface area contributed by atoms with Crippen LogP contribution in [0.5, 0.6) is 5.75 Å². The van der Waals surface area contributed by atoms with Gasteiger partial charge in [-0.05, 0) is 26.0 Å². The first-order valence-electron chi connectivity index (χ1n) is 4.67. The third kappa shape index (κ3) is 11.8. The summed E-state index contributed by atoms with van der Waals surface area (Å²) < 4.78 is 4.79. The molecule has 0 saturated heterocycles. The van der Waals surface area contributed by atoms with Crippen LogP contribution in [0.15, 0.2) is 30.3 Å². The van der Waals surface area contributed by atoms with Gasteiger partial charge in [0, 0.05) is 34.3 Å². The van der Waals surface area contributed by atoms with Gasteiger partial charge in [0.05, 0.1) is 0 Å². The zero-order valence-corrected chi connectivity index (χ0v) is 15.8. The first kappa shape index (κ1) is 21.8. The van der Waals surface area contributed by atoms with E-state index in [1.807, 2.05) is 6.07 Å². The molecule has 1 unspecified atom stereocenters. The standard InChI is InChI=1S/C9H10O3.C2H6O.Hg.H3N/c1-7(10)9(11)12-8-5-3-2-4-6-8;1-2-3;;/h2-7,10H,1H3;3H,2H2,1H3;;1H3. The van der Waals surface area contributed by atoms with Gasteiger partial charge < -0.3 is 21.1 Å². The molecule has 6 heteroatoms. The van der Waals surface area contributed by atoms with Gasteiger partial charge in [0.1, 0.15) is 11.9 Å². The van der Waals surface area contributed by atoms with Gasteiger partial charge in [-0.3, -0.25) is 0 Å². The fourth-order valence-corrected chi connectivity index (χ4v) is 0.690. The number of aliphatic hydroxyl groups is 2. The molecule has 5 N–H and O–H groups in total. The van der Waals surface area contributed by atoms with Crippen molar-refractivity contribution < 1.29 is 47.4 Å². The van der Waals surface area contributed by atoms with Crippen LogP contribution in [0, 0.1) is 0 Å². The Labute approximate surface area is 122 Å². The minimum Gasteiger partial charge on any atom is -0.425 e. The Morgan fingerprint density at radius 2 is 1.76 bits per heavy atom. The second-order valence-corrected chi connectivity index (χ2v) is 2.73. The SMILES string of the molecule is CC(O)C(=O)Oc1ccccc1.CCO.N.[Hg]. The molecule has 94 valence electrons. The van der Waals surface area contributed by atoms with Crippen molar-refractivity contribution in [2.24, 2.45) is 0 Å². The third-order valence-corrected chi connectivity index (χ3v) is 1.30. The summed E-state index contributed by atoms with van der Waals surface area (Å²) in [5, 5.41) is 16.4. The maximum absolute atomic E-state index is 10.8.